The second-order valence-corrected chi connectivity index (χ2v) is 10.3. The van der Waals surface area contributed by atoms with Crippen LogP contribution in [0.3, 0.4) is 0 Å². The summed E-state index contributed by atoms with van der Waals surface area (Å²) in [6.45, 7) is 10.1. The van der Waals surface area contributed by atoms with Gasteiger partial charge < -0.3 is 10.2 Å². The van der Waals surface area contributed by atoms with E-state index in [1.54, 1.807) is 24.2 Å². The molecule has 2 aromatic rings. The lowest BCUT2D eigenvalue weighted by Crippen LogP contribution is -2.31. The van der Waals surface area contributed by atoms with Gasteiger partial charge in [0, 0.05) is 52.0 Å². The first kappa shape index (κ1) is 24.5. The van der Waals surface area contributed by atoms with Gasteiger partial charge in [0.25, 0.3) is 5.91 Å². The van der Waals surface area contributed by atoms with Crippen molar-refractivity contribution in [1.29, 1.82) is 0 Å². The van der Waals surface area contributed by atoms with E-state index in [1.807, 2.05) is 55.2 Å². The third kappa shape index (κ3) is 11.3. The van der Waals surface area contributed by atoms with Crippen LogP contribution in [0, 0.1) is 0 Å². The topological polar surface area (TPSA) is 58.1 Å². The number of nitrogens with zero attached hydrogens (tertiary/aromatic N) is 3. The summed E-state index contributed by atoms with van der Waals surface area (Å²) in [6, 6.07) is 7.82. The molecule has 0 aromatic carbocycles. The molecule has 0 atom stereocenters. The molecule has 0 bridgehead atoms. The Morgan fingerprint density at radius 1 is 1.07 bits per heavy atom. The molecule has 0 aliphatic heterocycles. The number of aromatic nitrogens is 2. The largest absolute Gasteiger partial charge is 0.349 e. The van der Waals surface area contributed by atoms with Crippen molar-refractivity contribution in [3.8, 4) is 0 Å². The second kappa shape index (κ2) is 13.6. The highest BCUT2D eigenvalue weighted by molar-refractivity contribution is 8.00. The highest BCUT2D eigenvalue weighted by Crippen LogP contribution is 2.22. The Morgan fingerprint density at radius 3 is 2.32 bits per heavy atom. The van der Waals surface area contributed by atoms with E-state index in [0.717, 1.165) is 11.4 Å². The normalized spacial score (nSPS) is 10.8. The average molecular weight is 421 g/mol. The van der Waals surface area contributed by atoms with Crippen LogP contribution in [0.1, 0.15) is 38.2 Å². The molecule has 0 aliphatic rings. The third-order valence-electron chi connectivity index (χ3n) is 3.19. The van der Waals surface area contributed by atoms with Crippen molar-refractivity contribution in [2.75, 3.05) is 27.2 Å². The van der Waals surface area contributed by atoms with Crippen molar-refractivity contribution >= 4 is 29.4 Å². The SMILES string of the molecule is CC(C)Sc1cccnc1.CC(C)Sc1ccnc(C(=O)NCCN(C)C)c1. The number of likely N-dealkylation sites (N-methyl/N-ethyl adjacent to an activating group) is 1. The molecule has 2 aromatic heterocycles. The van der Waals surface area contributed by atoms with E-state index < -0.39 is 0 Å². The standard InChI is InChI=1S/C13H21N3OS.C8H11NS/c1-10(2)18-11-5-6-14-12(9-11)13(17)15-7-8-16(3)4;1-7(2)10-8-4-3-5-9-6-8/h5-6,9-10H,7-8H2,1-4H3,(H,15,17);3-7H,1-2H3. The maximum Gasteiger partial charge on any atom is 0.269 e. The van der Waals surface area contributed by atoms with Gasteiger partial charge in [0.2, 0.25) is 0 Å². The summed E-state index contributed by atoms with van der Waals surface area (Å²) in [7, 11) is 3.95. The number of hydrogen-bond donors (Lipinski definition) is 1. The molecule has 0 saturated heterocycles. The molecule has 1 N–H and O–H groups in total. The van der Waals surface area contributed by atoms with Crippen LogP contribution in [0.25, 0.3) is 0 Å². The molecule has 5 nitrogen and oxygen atoms in total. The fraction of sp³-hybridized carbons (Fsp3) is 0.476. The molecule has 0 aliphatic carbocycles. The molecule has 0 radical (unpaired) electrons. The minimum absolute atomic E-state index is 0.108. The Morgan fingerprint density at radius 2 is 1.75 bits per heavy atom. The van der Waals surface area contributed by atoms with Gasteiger partial charge in [-0.15, -0.1) is 23.5 Å². The van der Waals surface area contributed by atoms with Crippen LogP contribution in [0.15, 0.2) is 52.6 Å². The zero-order valence-electron chi connectivity index (χ0n) is 17.7. The van der Waals surface area contributed by atoms with Crippen molar-refractivity contribution in [3.05, 3.63) is 48.5 Å². The Labute approximate surface area is 178 Å². The lowest BCUT2D eigenvalue weighted by molar-refractivity contribution is 0.0946. The van der Waals surface area contributed by atoms with Crippen LogP contribution in [-0.2, 0) is 0 Å². The second-order valence-electron chi connectivity index (χ2n) is 6.96. The van der Waals surface area contributed by atoms with Crippen molar-refractivity contribution < 1.29 is 4.79 Å². The highest BCUT2D eigenvalue weighted by atomic mass is 32.2. The molecular formula is C21H32N4OS2. The molecule has 0 unspecified atom stereocenters. The Bertz CT molecular complexity index is 694. The molecule has 0 spiro atoms. The van der Waals surface area contributed by atoms with Gasteiger partial charge in [0.05, 0.1) is 0 Å². The van der Waals surface area contributed by atoms with Crippen molar-refractivity contribution in [2.24, 2.45) is 0 Å². The van der Waals surface area contributed by atoms with E-state index in [4.69, 9.17) is 0 Å². The lowest BCUT2D eigenvalue weighted by atomic mass is 10.3. The lowest BCUT2D eigenvalue weighted by Gasteiger charge is -2.10. The summed E-state index contributed by atoms with van der Waals surface area (Å²) in [5.41, 5.74) is 0.486. The zero-order chi connectivity index (χ0) is 20.9. The monoisotopic (exact) mass is 420 g/mol. The number of amides is 1. The fourth-order valence-corrected chi connectivity index (χ4v) is 3.74. The molecule has 7 heteroatoms. The van der Waals surface area contributed by atoms with Crippen LogP contribution in [0.2, 0.25) is 0 Å². The predicted octanol–water partition coefficient (Wildman–Crippen LogP) is 4.46. The number of hydrogen-bond acceptors (Lipinski definition) is 6. The molecule has 2 rings (SSSR count). The quantitative estimate of drug-likeness (QED) is 0.637. The van der Waals surface area contributed by atoms with Crippen molar-refractivity contribution in [3.63, 3.8) is 0 Å². The molecule has 1 amide bonds. The van der Waals surface area contributed by atoms with Gasteiger partial charge in [-0.2, -0.15) is 0 Å². The molecule has 0 fully saturated rings. The molecular weight excluding hydrogens is 388 g/mol. The van der Waals surface area contributed by atoms with Crippen LogP contribution in [-0.4, -0.2) is 58.5 Å². The van der Waals surface area contributed by atoms with Crippen molar-refractivity contribution in [1.82, 2.24) is 20.2 Å². The Balaban J connectivity index is 0.000000330. The van der Waals surface area contributed by atoms with E-state index in [9.17, 15) is 4.79 Å². The van der Waals surface area contributed by atoms with E-state index in [-0.39, 0.29) is 5.91 Å². The number of thioether (sulfide) groups is 2. The third-order valence-corrected chi connectivity index (χ3v) is 5.17. The Hall–Kier alpha value is -1.57. The average Bonchev–Trinajstić information content (AvgIpc) is 2.62. The summed E-state index contributed by atoms with van der Waals surface area (Å²) in [5, 5.41) is 4.00. The van der Waals surface area contributed by atoms with Crippen LogP contribution >= 0.6 is 23.5 Å². The van der Waals surface area contributed by atoms with Gasteiger partial charge in [0.15, 0.2) is 0 Å². The van der Waals surface area contributed by atoms with Gasteiger partial charge in [-0.25, -0.2) is 0 Å². The minimum atomic E-state index is -0.108. The highest BCUT2D eigenvalue weighted by Gasteiger charge is 2.08. The number of rotatable bonds is 8. The maximum absolute atomic E-state index is 11.9. The summed E-state index contributed by atoms with van der Waals surface area (Å²) >= 11 is 3.57. The summed E-state index contributed by atoms with van der Waals surface area (Å²) in [4.78, 5) is 24.3. The van der Waals surface area contributed by atoms with E-state index in [2.05, 4.69) is 49.0 Å². The first-order valence-corrected chi connectivity index (χ1v) is 11.2. The van der Waals surface area contributed by atoms with Gasteiger partial charge >= 0.3 is 0 Å². The molecule has 2 heterocycles. The molecule has 28 heavy (non-hydrogen) atoms. The summed E-state index contributed by atoms with van der Waals surface area (Å²) < 4.78 is 0. The number of pyridine rings is 2. The van der Waals surface area contributed by atoms with Crippen LogP contribution in [0.4, 0.5) is 0 Å². The predicted molar refractivity (Wildman–Crippen MR) is 121 cm³/mol. The smallest absolute Gasteiger partial charge is 0.269 e. The number of carbonyl (C=O) groups is 1. The zero-order valence-corrected chi connectivity index (χ0v) is 19.3. The fourth-order valence-electron chi connectivity index (χ4n) is 2.05. The van der Waals surface area contributed by atoms with E-state index in [0.29, 0.717) is 22.7 Å². The van der Waals surface area contributed by atoms with Crippen LogP contribution in [0.5, 0.6) is 0 Å². The number of nitrogens with one attached hydrogen (secondary N) is 1. The molecule has 154 valence electrons. The maximum atomic E-state index is 11.9. The summed E-state index contributed by atoms with van der Waals surface area (Å²) in [5.74, 6) is -0.108. The van der Waals surface area contributed by atoms with Gasteiger partial charge in [-0.1, -0.05) is 27.7 Å². The minimum Gasteiger partial charge on any atom is -0.349 e. The van der Waals surface area contributed by atoms with Gasteiger partial charge in [-0.3, -0.25) is 14.8 Å². The first-order valence-electron chi connectivity index (χ1n) is 9.40. The first-order chi connectivity index (χ1) is 13.3. The van der Waals surface area contributed by atoms with Gasteiger partial charge in [-0.05, 0) is 38.4 Å². The van der Waals surface area contributed by atoms with Crippen LogP contribution < -0.4 is 5.32 Å². The number of carbonyl (C=O) groups excluding carboxylic acids is 1. The van der Waals surface area contributed by atoms with E-state index >= 15 is 0 Å². The molecule has 0 saturated carbocycles. The van der Waals surface area contributed by atoms with Gasteiger partial charge in [0.1, 0.15) is 5.69 Å². The van der Waals surface area contributed by atoms with Crippen molar-refractivity contribution in [2.45, 2.75) is 48.0 Å². The summed E-state index contributed by atoms with van der Waals surface area (Å²) in [6.07, 6.45) is 5.38. The Kier molecular flexibility index (Phi) is 11.9. The van der Waals surface area contributed by atoms with E-state index in [1.165, 1.54) is 4.90 Å².